The maximum Gasteiger partial charge on any atom is 0.217 e. The second kappa shape index (κ2) is 2.73. The molecule has 2 aliphatic rings. The SMILES string of the molecule is CC(=O)NC1C2CCC1C(O)C2. The second-order valence-electron chi connectivity index (χ2n) is 4.03. The molecule has 0 aliphatic heterocycles. The first-order valence-electron chi connectivity index (χ1n) is 4.63. The van der Waals surface area contributed by atoms with Crippen LogP contribution in [-0.2, 0) is 4.79 Å². The molecule has 2 bridgehead atoms. The van der Waals surface area contributed by atoms with Crippen molar-refractivity contribution in [1.82, 2.24) is 5.32 Å². The third-order valence-corrected chi connectivity index (χ3v) is 3.25. The van der Waals surface area contributed by atoms with Crippen LogP contribution in [0.1, 0.15) is 26.2 Å². The summed E-state index contributed by atoms with van der Waals surface area (Å²) in [5.41, 5.74) is 0. The van der Waals surface area contributed by atoms with Gasteiger partial charge in [0.05, 0.1) is 6.10 Å². The van der Waals surface area contributed by atoms with Crippen molar-refractivity contribution in [3.63, 3.8) is 0 Å². The molecule has 2 saturated carbocycles. The third-order valence-electron chi connectivity index (χ3n) is 3.25. The van der Waals surface area contributed by atoms with E-state index in [-0.39, 0.29) is 18.1 Å². The Kier molecular flexibility index (Phi) is 1.83. The Morgan fingerprint density at radius 1 is 1.50 bits per heavy atom. The van der Waals surface area contributed by atoms with E-state index >= 15 is 0 Å². The molecule has 0 heterocycles. The van der Waals surface area contributed by atoms with Crippen molar-refractivity contribution in [2.45, 2.75) is 38.3 Å². The molecule has 1 amide bonds. The monoisotopic (exact) mass is 169 g/mol. The lowest BCUT2D eigenvalue weighted by molar-refractivity contribution is -0.120. The van der Waals surface area contributed by atoms with Gasteiger partial charge in [0.2, 0.25) is 5.91 Å². The molecule has 0 aromatic heterocycles. The molecule has 3 nitrogen and oxygen atoms in total. The van der Waals surface area contributed by atoms with Crippen LogP contribution in [0.15, 0.2) is 0 Å². The second-order valence-corrected chi connectivity index (χ2v) is 4.03. The highest BCUT2D eigenvalue weighted by molar-refractivity contribution is 5.73. The van der Waals surface area contributed by atoms with Crippen molar-refractivity contribution < 1.29 is 9.90 Å². The molecular weight excluding hydrogens is 154 g/mol. The summed E-state index contributed by atoms with van der Waals surface area (Å²) in [6.07, 6.45) is 2.97. The number of amides is 1. The molecule has 0 aromatic rings. The number of rotatable bonds is 1. The van der Waals surface area contributed by atoms with Crippen LogP contribution in [0, 0.1) is 11.8 Å². The first-order chi connectivity index (χ1) is 5.68. The van der Waals surface area contributed by atoms with Gasteiger partial charge in [-0.2, -0.15) is 0 Å². The Balaban J connectivity index is 2.03. The summed E-state index contributed by atoms with van der Waals surface area (Å²) in [6.45, 7) is 1.55. The zero-order valence-corrected chi connectivity index (χ0v) is 7.29. The molecule has 0 aromatic carbocycles. The van der Waals surface area contributed by atoms with Gasteiger partial charge in [0, 0.05) is 18.9 Å². The minimum absolute atomic E-state index is 0.0333. The molecule has 12 heavy (non-hydrogen) atoms. The van der Waals surface area contributed by atoms with Gasteiger partial charge < -0.3 is 10.4 Å². The summed E-state index contributed by atoms with van der Waals surface area (Å²) < 4.78 is 0. The molecule has 4 atom stereocenters. The van der Waals surface area contributed by atoms with E-state index in [1.54, 1.807) is 6.92 Å². The van der Waals surface area contributed by atoms with Crippen molar-refractivity contribution in [3.05, 3.63) is 0 Å². The quantitative estimate of drug-likeness (QED) is 0.592. The Morgan fingerprint density at radius 3 is 2.67 bits per heavy atom. The van der Waals surface area contributed by atoms with Gasteiger partial charge in [0.25, 0.3) is 0 Å². The van der Waals surface area contributed by atoms with Crippen molar-refractivity contribution in [3.8, 4) is 0 Å². The minimum Gasteiger partial charge on any atom is -0.393 e. The van der Waals surface area contributed by atoms with Crippen molar-refractivity contribution in [1.29, 1.82) is 0 Å². The molecule has 2 aliphatic carbocycles. The number of hydrogen-bond donors (Lipinski definition) is 2. The molecule has 0 radical (unpaired) electrons. The van der Waals surface area contributed by atoms with Crippen LogP contribution in [0.4, 0.5) is 0 Å². The van der Waals surface area contributed by atoms with Gasteiger partial charge in [-0.05, 0) is 25.2 Å². The van der Waals surface area contributed by atoms with E-state index in [1.807, 2.05) is 0 Å². The molecule has 3 heteroatoms. The maximum absolute atomic E-state index is 10.8. The predicted molar refractivity (Wildman–Crippen MR) is 44.4 cm³/mol. The average molecular weight is 169 g/mol. The summed E-state index contributed by atoms with van der Waals surface area (Å²) in [5.74, 6) is 0.902. The lowest BCUT2D eigenvalue weighted by Gasteiger charge is -2.17. The minimum atomic E-state index is -0.166. The maximum atomic E-state index is 10.8. The van der Waals surface area contributed by atoms with E-state index in [9.17, 15) is 9.90 Å². The molecule has 2 fully saturated rings. The zero-order valence-electron chi connectivity index (χ0n) is 7.29. The zero-order chi connectivity index (χ0) is 8.72. The summed E-state index contributed by atoms with van der Waals surface area (Å²) >= 11 is 0. The van der Waals surface area contributed by atoms with E-state index in [2.05, 4.69) is 5.32 Å². The Bertz CT molecular complexity index is 205. The summed E-state index contributed by atoms with van der Waals surface area (Å²) in [5, 5.41) is 12.5. The molecule has 68 valence electrons. The molecule has 0 spiro atoms. The van der Waals surface area contributed by atoms with Crippen LogP contribution in [0.25, 0.3) is 0 Å². The Morgan fingerprint density at radius 2 is 2.25 bits per heavy atom. The first kappa shape index (κ1) is 8.05. The van der Waals surface area contributed by atoms with Gasteiger partial charge in [-0.25, -0.2) is 0 Å². The van der Waals surface area contributed by atoms with Crippen molar-refractivity contribution in [2.24, 2.45) is 11.8 Å². The summed E-state index contributed by atoms with van der Waals surface area (Å²) in [6, 6.07) is 0.262. The third kappa shape index (κ3) is 1.12. The highest BCUT2D eigenvalue weighted by Crippen LogP contribution is 2.44. The van der Waals surface area contributed by atoms with E-state index in [1.165, 1.54) is 6.42 Å². The Labute approximate surface area is 72.2 Å². The summed E-state index contributed by atoms with van der Waals surface area (Å²) in [4.78, 5) is 10.8. The normalized spacial score (nSPS) is 44.8. The summed E-state index contributed by atoms with van der Waals surface area (Å²) in [7, 11) is 0. The van der Waals surface area contributed by atoms with Gasteiger partial charge in [-0.3, -0.25) is 4.79 Å². The Hall–Kier alpha value is -0.570. The number of hydrogen-bond acceptors (Lipinski definition) is 2. The van der Waals surface area contributed by atoms with Gasteiger partial charge in [-0.1, -0.05) is 0 Å². The number of aliphatic hydroxyl groups excluding tert-OH is 1. The fraction of sp³-hybridized carbons (Fsp3) is 0.889. The largest absolute Gasteiger partial charge is 0.393 e. The van der Waals surface area contributed by atoms with Crippen LogP contribution in [0.5, 0.6) is 0 Å². The van der Waals surface area contributed by atoms with Crippen LogP contribution in [-0.4, -0.2) is 23.2 Å². The number of carbonyl (C=O) groups is 1. The lowest BCUT2D eigenvalue weighted by atomic mass is 9.98. The number of fused-ring (bicyclic) bond motifs is 2. The lowest BCUT2D eigenvalue weighted by Crippen LogP contribution is -2.37. The predicted octanol–water partition coefficient (Wildman–Crippen LogP) is 0.282. The van der Waals surface area contributed by atoms with Gasteiger partial charge in [0.15, 0.2) is 0 Å². The average Bonchev–Trinajstić information content (AvgIpc) is 2.44. The van der Waals surface area contributed by atoms with Gasteiger partial charge in [0.1, 0.15) is 0 Å². The molecule has 2 N–H and O–H groups in total. The number of nitrogens with one attached hydrogen (secondary N) is 1. The topological polar surface area (TPSA) is 49.3 Å². The van der Waals surface area contributed by atoms with Crippen molar-refractivity contribution >= 4 is 5.91 Å². The van der Waals surface area contributed by atoms with Crippen LogP contribution < -0.4 is 5.32 Å². The standard InChI is InChI=1S/C9H15NO2/c1-5(11)10-9-6-2-3-7(9)8(12)4-6/h6-9,12H,2-4H2,1H3,(H,10,11). The smallest absolute Gasteiger partial charge is 0.217 e. The highest BCUT2D eigenvalue weighted by atomic mass is 16.3. The molecule has 2 rings (SSSR count). The van der Waals surface area contributed by atoms with Crippen LogP contribution in [0.2, 0.25) is 0 Å². The van der Waals surface area contributed by atoms with Gasteiger partial charge >= 0.3 is 0 Å². The van der Waals surface area contributed by atoms with Crippen LogP contribution >= 0.6 is 0 Å². The number of aliphatic hydroxyl groups is 1. The molecule has 4 unspecified atom stereocenters. The molecule has 0 saturated heterocycles. The van der Waals surface area contributed by atoms with E-state index in [4.69, 9.17) is 0 Å². The van der Waals surface area contributed by atoms with E-state index in [0.29, 0.717) is 11.8 Å². The fourth-order valence-corrected chi connectivity index (χ4v) is 2.76. The van der Waals surface area contributed by atoms with E-state index < -0.39 is 0 Å². The van der Waals surface area contributed by atoms with E-state index in [0.717, 1.165) is 12.8 Å². The van der Waals surface area contributed by atoms with Crippen LogP contribution in [0.3, 0.4) is 0 Å². The fourth-order valence-electron chi connectivity index (χ4n) is 2.76. The van der Waals surface area contributed by atoms with Gasteiger partial charge in [-0.15, -0.1) is 0 Å². The molecular formula is C9H15NO2. The highest BCUT2D eigenvalue weighted by Gasteiger charge is 2.47. The van der Waals surface area contributed by atoms with Crippen molar-refractivity contribution in [2.75, 3.05) is 0 Å². The first-order valence-corrected chi connectivity index (χ1v) is 4.63. The number of carbonyl (C=O) groups excluding carboxylic acids is 1.